The van der Waals surface area contributed by atoms with Crippen LogP contribution in [0.25, 0.3) is 0 Å². The van der Waals surface area contributed by atoms with Gasteiger partial charge >= 0.3 is 0 Å². The Balaban J connectivity index is 2.59. The van der Waals surface area contributed by atoms with Crippen molar-refractivity contribution in [3.8, 4) is 5.75 Å². The third kappa shape index (κ3) is 6.32. The van der Waals surface area contributed by atoms with Gasteiger partial charge in [0.15, 0.2) is 0 Å². The molecule has 0 saturated carbocycles. The molecule has 0 amide bonds. The summed E-state index contributed by atoms with van der Waals surface area (Å²) in [4.78, 5) is 4.54. The molecule has 0 aliphatic carbocycles. The summed E-state index contributed by atoms with van der Waals surface area (Å²) in [6.45, 7) is 6.88. The van der Waals surface area contributed by atoms with Crippen LogP contribution in [0.5, 0.6) is 5.75 Å². The molecule has 0 aliphatic rings. The van der Waals surface area contributed by atoms with E-state index in [-0.39, 0.29) is 6.10 Å². The Hall–Kier alpha value is -1.17. The van der Waals surface area contributed by atoms with E-state index in [1.165, 1.54) is 0 Å². The van der Waals surface area contributed by atoms with Crippen molar-refractivity contribution in [2.24, 2.45) is 0 Å². The third-order valence-electron chi connectivity index (χ3n) is 2.90. The molecule has 5 nitrogen and oxygen atoms in total. The number of nitrogens with zero attached hydrogens (tertiary/aromatic N) is 1. The van der Waals surface area contributed by atoms with E-state index in [1.807, 2.05) is 26.0 Å². The molecule has 1 atom stereocenters. The first-order valence-electron chi connectivity index (χ1n) is 6.99. The summed E-state index contributed by atoms with van der Waals surface area (Å²) in [5, 5.41) is 3.29. The van der Waals surface area contributed by atoms with Crippen LogP contribution in [0.4, 0.5) is 0 Å². The van der Waals surface area contributed by atoms with Gasteiger partial charge in [0, 0.05) is 46.0 Å². The average Bonchev–Trinajstić information content (AvgIpc) is 2.44. The number of aromatic nitrogens is 1. The molecule has 0 aliphatic heterocycles. The second-order valence-corrected chi connectivity index (χ2v) is 4.78. The monoisotopic (exact) mass is 282 g/mol. The normalized spacial score (nSPS) is 12.4. The zero-order valence-corrected chi connectivity index (χ0v) is 12.9. The predicted molar refractivity (Wildman–Crippen MR) is 79.1 cm³/mol. The molecule has 0 bridgehead atoms. The highest BCUT2D eigenvalue weighted by atomic mass is 16.5. The van der Waals surface area contributed by atoms with E-state index >= 15 is 0 Å². The van der Waals surface area contributed by atoms with Gasteiger partial charge in [-0.3, -0.25) is 4.98 Å². The first-order valence-corrected chi connectivity index (χ1v) is 6.99. The number of hydrogen-bond donors (Lipinski definition) is 1. The minimum Gasteiger partial charge on any atom is -0.489 e. The number of pyridine rings is 1. The predicted octanol–water partition coefficient (Wildman–Crippen LogP) is 1.93. The average molecular weight is 282 g/mol. The van der Waals surface area contributed by atoms with Crippen molar-refractivity contribution in [3.05, 3.63) is 23.5 Å². The Bertz CT molecular complexity index is 385. The quantitative estimate of drug-likeness (QED) is 0.665. The maximum absolute atomic E-state index is 5.95. The number of hydrogen-bond acceptors (Lipinski definition) is 5. The van der Waals surface area contributed by atoms with Gasteiger partial charge in [0.1, 0.15) is 5.75 Å². The zero-order chi connectivity index (χ0) is 14.8. The van der Waals surface area contributed by atoms with Crippen LogP contribution >= 0.6 is 0 Å². The molecule has 114 valence electrons. The number of nitrogens with one attached hydrogen (secondary N) is 1. The fourth-order valence-electron chi connectivity index (χ4n) is 1.77. The maximum Gasteiger partial charge on any atom is 0.142 e. The van der Waals surface area contributed by atoms with Gasteiger partial charge in [-0.1, -0.05) is 0 Å². The molecule has 0 aromatic carbocycles. The molecule has 1 aromatic heterocycles. The summed E-state index contributed by atoms with van der Waals surface area (Å²) in [6, 6.07) is 3.95. The molecule has 20 heavy (non-hydrogen) atoms. The van der Waals surface area contributed by atoms with Gasteiger partial charge in [-0.15, -0.1) is 0 Å². The van der Waals surface area contributed by atoms with Crippen molar-refractivity contribution < 1.29 is 14.2 Å². The van der Waals surface area contributed by atoms with Gasteiger partial charge < -0.3 is 19.5 Å². The first kappa shape index (κ1) is 16.9. The van der Waals surface area contributed by atoms with Crippen LogP contribution in [0.3, 0.4) is 0 Å². The van der Waals surface area contributed by atoms with Crippen molar-refractivity contribution in [1.82, 2.24) is 10.3 Å². The Kier molecular flexibility index (Phi) is 8.18. The minimum atomic E-state index is 0.109. The van der Waals surface area contributed by atoms with Crippen LogP contribution in [0.15, 0.2) is 12.1 Å². The Morgan fingerprint density at radius 2 is 1.95 bits per heavy atom. The second-order valence-electron chi connectivity index (χ2n) is 4.78. The zero-order valence-electron chi connectivity index (χ0n) is 12.9. The fourth-order valence-corrected chi connectivity index (χ4v) is 1.77. The molecule has 0 saturated heterocycles. The molecular weight excluding hydrogens is 256 g/mol. The summed E-state index contributed by atoms with van der Waals surface area (Å²) in [5.41, 5.74) is 1.93. The van der Waals surface area contributed by atoms with E-state index in [0.717, 1.165) is 30.1 Å². The molecule has 1 N–H and O–H groups in total. The maximum atomic E-state index is 5.95. The minimum absolute atomic E-state index is 0.109. The van der Waals surface area contributed by atoms with E-state index in [0.29, 0.717) is 19.8 Å². The van der Waals surface area contributed by atoms with E-state index < -0.39 is 0 Å². The number of rotatable bonds is 10. The van der Waals surface area contributed by atoms with Crippen molar-refractivity contribution in [2.45, 2.75) is 32.9 Å². The Labute approximate surface area is 121 Å². The Morgan fingerprint density at radius 1 is 1.20 bits per heavy atom. The summed E-state index contributed by atoms with van der Waals surface area (Å²) in [7, 11) is 3.39. The molecular formula is C15H26N2O3. The SMILES string of the molecule is COCCNCc1nc(C)ccc1OC(C)CCOC. The molecule has 1 heterocycles. The number of aryl methyl sites for hydroxylation is 1. The van der Waals surface area contributed by atoms with Crippen molar-refractivity contribution in [1.29, 1.82) is 0 Å². The summed E-state index contributed by atoms with van der Waals surface area (Å²) in [5.74, 6) is 0.837. The summed E-state index contributed by atoms with van der Waals surface area (Å²) >= 11 is 0. The molecule has 1 unspecified atom stereocenters. The van der Waals surface area contributed by atoms with Crippen LogP contribution in [0.2, 0.25) is 0 Å². The molecule has 0 spiro atoms. The fraction of sp³-hybridized carbons (Fsp3) is 0.667. The van der Waals surface area contributed by atoms with Crippen LogP contribution in [0.1, 0.15) is 24.7 Å². The molecule has 0 radical (unpaired) electrons. The smallest absolute Gasteiger partial charge is 0.142 e. The van der Waals surface area contributed by atoms with Gasteiger partial charge in [0.05, 0.1) is 18.4 Å². The van der Waals surface area contributed by atoms with Crippen LogP contribution in [-0.4, -0.2) is 45.1 Å². The van der Waals surface area contributed by atoms with Crippen LogP contribution in [0, 0.1) is 6.92 Å². The van der Waals surface area contributed by atoms with E-state index in [2.05, 4.69) is 10.3 Å². The summed E-state index contributed by atoms with van der Waals surface area (Å²) in [6.07, 6.45) is 0.971. The van der Waals surface area contributed by atoms with E-state index in [4.69, 9.17) is 14.2 Å². The lowest BCUT2D eigenvalue weighted by Crippen LogP contribution is -2.21. The summed E-state index contributed by atoms with van der Waals surface area (Å²) < 4.78 is 16.0. The lowest BCUT2D eigenvalue weighted by molar-refractivity contribution is 0.134. The van der Waals surface area contributed by atoms with Gasteiger partial charge in [-0.25, -0.2) is 0 Å². The van der Waals surface area contributed by atoms with Gasteiger partial charge in [0.25, 0.3) is 0 Å². The topological polar surface area (TPSA) is 52.6 Å². The lowest BCUT2D eigenvalue weighted by Gasteiger charge is -2.17. The van der Waals surface area contributed by atoms with Crippen molar-refractivity contribution >= 4 is 0 Å². The van der Waals surface area contributed by atoms with Crippen LogP contribution in [-0.2, 0) is 16.0 Å². The Morgan fingerprint density at radius 3 is 2.65 bits per heavy atom. The largest absolute Gasteiger partial charge is 0.489 e. The molecule has 1 aromatic rings. The number of methoxy groups -OCH3 is 2. The highest BCUT2D eigenvalue weighted by Crippen LogP contribution is 2.19. The molecule has 0 fully saturated rings. The van der Waals surface area contributed by atoms with Gasteiger partial charge in [-0.2, -0.15) is 0 Å². The van der Waals surface area contributed by atoms with Gasteiger partial charge in [-0.05, 0) is 26.0 Å². The van der Waals surface area contributed by atoms with Crippen LogP contribution < -0.4 is 10.1 Å². The number of ether oxygens (including phenoxy) is 3. The highest BCUT2D eigenvalue weighted by Gasteiger charge is 2.10. The first-order chi connectivity index (χ1) is 9.67. The van der Waals surface area contributed by atoms with Crippen molar-refractivity contribution in [3.63, 3.8) is 0 Å². The van der Waals surface area contributed by atoms with Gasteiger partial charge in [0.2, 0.25) is 0 Å². The lowest BCUT2D eigenvalue weighted by atomic mass is 10.2. The third-order valence-corrected chi connectivity index (χ3v) is 2.90. The molecule has 5 heteroatoms. The van der Waals surface area contributed by atoms with Crippen molar-refractivity contribution in [2.75, 3.05) is 34.0 Å². The van der Waals surface area contributed by atoms with E-state index in [1.54, 1.807) is 14.2 Å². The standard InChI is InChI=1S/C15H26N2O3/c1-12-5-6-15(20-13(2)7-9-18-3)14(17-12)11-16-8-10-19-4/h5-6,13,16H,7-11H2,1-4H3. The highest BCUT2D eigenvalue weighted by molar-refractivity contribution is 5.29. The van der Waals surface area contributed by atoms with E-state index in [9.17, 15) is 0 Å². The second kappa shape index (κ2) is 9.69. The molecule has 1 rings (SSSR count).